The summed E-state index contributed by atoms with van der Waals surface area (Å²) in [5.74, 6) is 0.878. The predicted octanol–water partition coefficient (Wildman–Crippen LogP) is 2.28. The molecule has 2 fully saturated rings. The summed E-state index contributed by atoms with van der Waals surface area (Å²) in [6.07, 6.45) is 6.80. The molecule has 98 valence electrons. The molecule has 0 aliphatic heterocycles. The minimum absolute atomic E-state index is 0.146. The minimum atomic E-state index is 0.146. The summed E-state index contributed by atoms with van der Waals surface area (Å²) in [6, 6.07) is 2.33. The molecule has 2 saturated carbocycles. The van der Waals surface area contributed by atoms with Crippen molar-refractivity contribution in [3.63, 3.8) is 0 Å². The van der Waals surface area contributed by atoms with Crippen molar-refractivity contribution in [1.29, 1.82) is 0 Å². The van der Waals surface area contributed by atoms with Gasteiger partial charge in [-0.1, -0.05) is 0 Å². The van der Waals surface area contributed by atoms with Crippen molar-refractivity contribution in [2.45, 2.75) is 38.6 Å². The van der Waals surface area contributed by atoms with Gasteiger partial charge in [0.25, 0.3) is 5.91 Å². The van der Waals surface area contributed by atoms with E-state index >= 15 is 0 Å². The maximum Gasteiger partial charge on any atom is 0.270 e. The van der Waals surface area contributed by atoms with Crippen LogP contribution in [0.5, 0.6) is 0 Å². The second kappa shape index (κ2) is 4.34. The SMILES string of the molecule is CCN(CC1CC1)C(=O)c1cc(N)cn1C1CC1. The highest BCUT2D eigenvalue weighted by molar-refractivity contribution is 5.94. The topological polar surface area (TPSA) is 51.3 Å². The van der Waals surface area contributed by atoms with Crippen LogP contribution in [0, 0.1) is 5.92 Å². The highest BCUT2D eigenvalue weighted by atomic mass is 16.2. The number of nitrogens with zero attached hydrogens (tertiary/aromatic N) is 2. The van der Waals surface area contributed by atoms with E-state index in [2.05, 4.69) is 4.57 Å². The van der Waals surface area contributed by atoms with E-state index in [1.807, 2.05) is 24.1 Å². The average Bonchev–Trinajstić information content (AvgIpc) is 3.25. The van der Waals surface area contributed by atoms with Crippen molar-refractivity contribution in [2.75, 3.05) is 18.8 Å². The van der Waals surface area contributed by atoms with E-state index in [0.717, 1.165) is 24.7 Å². The van der Waals surface area contributed by atoms with Crippen molar-refractivity contribution in [3.05, 3.63) is 18.0 Å². The van der Waals surface area contributed by atoms with Gasteiger partial charge in [-0.15, -0.1) is 0 Å². The largest absolute Gasteiger partial charge is 0.397 e. The number of aromatic nitrogens is 1. The summed E-state index contributed by atoms with van der Waals surface area (Å²) in [7, 11) is 0. The lowest BCUT2D eigenvalue weighted by molar-refractivity contribution is 0.0746. The summed E-state index contributed by atoms with van der Waals surface area (Å²) in [6.45, 7) is 3.74. The summed E-state index contributed by atoms with van der Waals surface area (Å²) in [5.41, 5.74) is 7.32. The fourth-order valence-corrected chi connectivity index (χ4v) is 2.46. The van der Waals surface area contributed by atoms with E-state index in [0.29, 0.717) is 11.7 Å². The van der Waals surface area contributed by atoms with Crippen LogP contribution in [0.25, 0.3) is 0 Å². The average molecular weight is 247 g/mol. The molecule has 1 aromatic heterocycles. The lowest BCUT2D eigenvalue weighted by atomic mass is 10.3. The van der Waals surface area contributed by atoms with Gasteiger partial charge in [-0.05, 0) is 44.6 Å². The Labute approximate surface area is 108 Å². The Morgan fingerprint density at radius 1 is 1.44 bits per heavy atom. The summed E-state index contributed by atoms with van der Waals surface area (Å²) in [4.78, 5) is 14.5. The molecule has 4 nitrogen and oxygen atoms in total. The number of nitrogen functional groups attached to an aromatic ring is 1. The molecular formula is C14H21N3O. The molecule has 0 bridgehead atoms. The lowest BCUT2D eigenvalue weighted by Gasteiger charge is -2.21. The normalized spacial score (nSPS) is 18.9. The van der Waals surface area contributed by atoms with E-state index in [1.165, 1.54) is 25.7 Å². The van der Waals surface area contributed by atoms with Crippen molar-refractivity contribution < 1.29 is 4.79 Å². The Bertz CT molecular complexity index is 458. The molecule has 0 saturated heterocycles. The van der Waals surface area contributed by atoms with Gasteiger partial charge in [0.1, 0.15) is 5.69 Å². The van der Waals surface area contributed by atoms with Gasteiger partial charge in [-0.3, -0.25) is 4.79 Å². The van der Waals surface area contributed by atoms with Gasteiger partial charge < -0.3 is 15.2 Å². The number of hydrogen-bond acceptors (Lipinski definition) is 2. The number of carbonyl (C=O) groups is 1. The summed E-state index contributed by atoms with van der Waals surface area (Å²) >= 11 is 0. The number of hydrogen-bond donors (Lipinski definition) is 1. The third-order valence-corrected chi connectivity index (χ3v) is 3.87. The maximum atomic E-state index is 12.6. The lowest BCUT2D eigenvalue weighted by Crippen LogP contribution is -2.34. The Kier molecular flexibility index (Phi) is 2.80. The minimum Gasteiger partial charge on any atom is -0.397 e. The van der Waals surface area contributed by atoms with Crippen LogP contribution in [0.3, 0.4) is 0 Å². The Morgan fingerprint density at radius 2 is 2.17 bits per heavy atom. The Morgan fingerprint density at radius 3 is 2.72 bits per heavy atom. The van der Waals surface area contributed by atoms with Crippen LogP contribution in [0.2, 0.25) is 0 Å². The monoisotopic (exact) mass is 247 g/mol. The van der Waals surface area contributed by atoms with Crippen LogP contribution in [0.1, 0.15) is 49.1 Å². The Hall–Kier alpha value is -1.45. The van der Waals surface area contributed by atoms with E-state index in [-0.39, 0.29) is 5.91 Å². The molecule has 3 rings (SSSR count). The first kappa shape index (κ1) is 11.6. The molecule has 1 amide bonds. The van der Waals surface area contributed by atoms with Crippen LogP contribution >= 0.6 is 0 Å². The van der Waals surface area contributed by atoms with Gasteiger partial charge in [0.2, 0.25) is 0 Å². The van der Waals surface area contributed by atoms with Crippen LogP contribution in [-0.2, 0) is 0 Å². The maximum absolute atomic E-state index is 12.6. The molecule has 0 radical (unpaired) electrons. The first-order chi connectivity index (χ1) is 8.69. The number of amides is 1. The second-order valence-electron chi connectivity index (χ2n) is 5.58. The summed E-state index contributed by atoms with van der Waals surface area (Å²) < 4.78 is 2.08. The third kappa shape index (κ3) is 2.24. The molecule has 1 heterocycles. The number of nitrogens with two attached hydrogens (primary N) is 1. The van der Waals surface area contributed by atoms with Crippen molar-refractivity contribution in [3.8, 4) is 0 Å². The van der Waals surface area contributed by atoms with Crippen LogP contribution < -0.4 is 5.73 Å². The van der Waals surface area contributed by atoms with Crippen molar-refractivity contribution in [1.82, 2.24) is 9.47 Å². The zero-order valence-corrected chi connectivity index (χ0v) is 10.9. The van der Waals surface area contributed by atoms with Gasteiger partial charge in [0, 0.05) is 25.3 Å². The van der Waals surface area contributed by atoms with Gasteiger partial charge >= 0.3 is 0 Å². The fraction of sp³-hybridized carbons (Fsp3) is 0.643. The highest BCUT2D eigenvalue weighted by Gasteiger charge is 2.31. The molecule has 0 aromatic carbocycles. The molecule has 0 spiro atoms. The van der Waals surface area contributed by atoms with E-state index < -0.39 is 0 Å². The van der Waals surface area contributed by atoms with Crippen molar-refractivity contribution in [2.24, 2.45) is 5.92 Å². The fourth-order valence-electron chi connectivity index (χ4n) is 2.46. The third-order valence-electron chi connectivity index (χ3n) is 3.87. The predicted molar refractivity (Wildman–Crippen MR) is 71.4 cm³/mol. The number of rotatable bonds is 5. The van der Waals surface area contributed by atoms with Crippen LogP contribution in [-0.4, -0.2) is 28.5 Å². The van der Waals surface area contributed by atoms with Gasteiger partial charge in [0.05, 0.1) is 5.69 Å². The summed E-state index contributed by atoms with van der Waals surface area (Å²) in [5, 5.41) is 0. The Balaban J connectivity index is 1.80. The molecule has 4 heteroatoms. The highest BCUT2D eigenvalue weighted by Crippen LogP contribution is 2.37. The zero-order chi connectivity index (χ0) is 12.7. The number of carbonyl (C=O) groups excluding carboxylic acids is 1. The second-order valence-corrected chi connectivity index (χ2v) is 5.58. The van der Waals surface area contributed by atoms with Crippen LogP contribution in [0.4, 0.5) is 5.69 Å². The number of anilines is 1. The molecule has 2 aliphatic rings. The zero-order valence-electron chi connectivity index (χ0n) is 10.9. The quantitative estimate of drug-likeness (QED) is 0.867. The van der Waals surface area contributed by atoms with Gasteiger partial charge in [-0.25, -0.2) is 0 Å². The molecule has 0 atom stereocenters. The standard InChI is InChI=1S/C14H21N3O/c1-2-16(8-10-3-4-10)14(18)13-7-11(15)9-17(13)12-5-6-12/h7,9-10,12H,2-6,8,15H2,1H3. The van der Waals surface area contributed by atoms with Crippen molar-refractivity contribution >= 4 is 11.6 Å². The van der Waals surface area contributed by atoms with Gasteiger partial charge in [0.15, 0.2) is 0 Å². The first-order valence-corrected chi connectivity index (χ1v) is 6.95. The molecular weight excluding hydrogens is 226 g/mol. The smallest absolute Gasteiger partial charge is 0.270 e. The molecule has 2 N–H and O–H groups in total. The first-order valence-electron chi connectivity index (χ1n) is 6.95. The molecule has 1 aromatic rings. The molecule has 18 heavy (non-hydrogen) atoms. The molecule has 2 aliphatic carbocycles. The van der Waals surface area contributed by atoms with Crippen LogP contribution in [0.15, 0.2) is 12.3 Å². The van der Waals surface area contributed by atoms with E-state index in [4.69, 9.17) is 5.73 Å². The van der Waals surface area contributed by atoms with E-state index in [1.54, 1.807) is 0 Å². The van der Waals surface area contributed by atoms with E-state index in [9.17, 15) is 4.79 Å². The molecule has 0 unspecified atom stereocenters. The van der Waals surface area contributed by atoms with Gasteiger partial charge in [-0.2, -0.15) is 0 Å².